The van der Waals surface area contributed by atoms with Crippen LogP contribution in [-0.2, 0) is 5.41 Å². The Labute approximate surface area is 439 Å². The van der Waals surface area contributed by atoms with Crippen LogP contribution < -0.4 is 14.7 Å². The largest absolute Gasteiger partial charge is 0.310 e. The quantitative estimate of drug-likeness (QED) is 0.159. The van der Waals surface area contributed by atoms with E-state index >= 15 is 0 Å². The van der Waals surface area contributed by atoms with E-state index in [0.29, 0.717) is 5.56 Å². The maximum absolute atomic E-state index is 10.2. The minimum Gasteiger partial charge on any atom is -0.310 e. The van der Waals surface area contributed by atoms with E-state index in [-0.39, 0.29) is 0 Å². The first kappa shape index (κ1) is 42.9. The lowest BCUT2D eigenvalue weighted by Crippen LogP contribution is -2.36. The molecule has 0 saturated heterocycles. The Balaban J connectivity index is 1.03. The normalized spacial score (nSPS) is 12.9. The standard InChI is InChI=1S/C70H44N4S/c71-45-46-31-37-59-67(39-46)75-68-44-56(43-66(69(59)68)73(53-34-32-47-17-7-9-19-49(47)40-53)54-35-33-48-18-8-10-20-50(48)41-54)72(51-21-3-1-4-22-51)55-36-38-63-65(42-55)74(52-23-5-2-6-24-52)64-30-16-15-29-62(64)70(63)60-27-13-11-25-57(60)58-26-12-14-28-61(58)70/h1-44H. The number of hydrogen-bond donors (Lipinski definition) is 0. The van der Waals surface area contributed by atoms with Crippen LogP contribution in [0.5, 0.6) is 0 Å². The predicted molar refractivity (Wildman–Crippen MR) is 314 cm³/mol. The summed E-state index contributed by atoms with van der Waals surface area (Å²) in [5, 5.41) is 17.1. The van der Waals surface area contributed by atoms with Crippen LogP contribution in [0.2, 0.25) is 0 Å². The summed E-state index contributed by atoms with van der Waals surface area (Å²) in [6.45, 7) is 0. The molecule has 0 atom stereocenters. The Morgan fingerprint density at radius 3 is 1.59 bits per heavy atom. The lowest BCUT2D eigenvalue weighted by Gasteiger charge is -2.45. The minimum absolute atomic E-state index is 0.577. The third kappa shape index (κ3) is 6.54. The van der Waals surface area contributed by atoms with Crippen molar-refractivity contribution in [3.05, 3.63) is 295 Å². The lowest BCUT2D eigenvalue weighted by atomic mass is 9.64. The van der Waals surface area contributed by atoms with Crippen molar-refractivity contribution in [1.82, 2.24) is 0 Å². The molecule has 0 fully saturated rings. The number of benzene rings is 12. The fraction of sp³-hybridized carbons (Fsp3) is 0.0143. The first-order chi connectivity index (χ1) is 37.1. The molecule has 75 heavy (non-hydrogen) atoms. The van der Waals surface area contributed by atoms with E-state index in [2.05, 4.69) is 276 Å². The number of para-hydroxylation sites is 3. The molecule has 0 N–H and O–H groups in total. The van der Waals surface area contributed by atoms with Crippen molar-refractivity contribution in [2.75, 3.05) is 14.7 Å². The summed E-state index contributed by atoms with van der Waals surface area (Å²) in [6.07, 6.45) is 0. The fourth-order valence-electron chi connectivity index (χ4n) is 12.4. The summed E-state index contributed by atoms with van der Waals surface area (Å²) in [6, 6.07) is 99.9. The molecule has 1 spiro atoms. The molecule has 4 nitrogen and oxygen atoms in total. The Kier molecular flexibility index (Phi) is 9.69. The van der Waals surface area contributed by atoms with Gasteiger partial charge in [-0.25, -0.2) is 0 Å². The molecule has 0 saturated carbocycles. The zero-order valence-corrected chi connectivity index (χ0v) is 41.4. The number of anilines is 9. The summed E-state index contributed by atoms with van der Waals surface area (Å²) in [4.78, 5) is 7.35. The zero-order chi connectivity index (χ0) is 49.6. The molecule has 350 valence electrons. The molecule has 0 unspecified atom stereocenters. The molecule has 1 aliphatic carbocycles. The second-order valence-electron chi connectivity index (χ2n) is 19.6. The van der Waals surface area contributed by atoms with Crippen molar-refractivity contribution in [2.24, 2.45) is 0 Å². The Morgan fingerprint density at radius 2 is 0.920 bits per heavy atom. The molecule has 15 rings (SSSR count). The SMILES string of the molecule is N#Cc1ccc2c(c1)sc1cc(N(c3ccccc3)c3ccc4c(c3)N(c3ccccc3)c3ccccc3C43c4ccccc4-c4ccccc43)cc(N(c3ccc4ccccc4c3)c3ccc4ccccc4c3)c12. The molecule has 0 bridgehead atoms. The molecular weight excluding hydrogens is 929 g/mol. The van der Waals surface area contributed by atoms with Gasteiger partial charge in [-0.2, -0.15) is 5.26 Å². The Morgan fingerprint density at radius 1 is 0.373 bits per heavy atom. The van der Waals surface area contributed by atoms with Gasteiger partial charge in [-0.3, -0.25) is 0 Å². The van der Waals surface area contributed by atoms with Gasteiger partial charge in [0.2, 0.25) is 0 Å². The van der Waals surface area contributed by atoms with Gasteiger partial charge in [-0.05, 0) is 146 Å². The molecule has 1 aromatic heterocycles. The maximum Gasteiger partial charge on any atom is 0.0992 e. The van der Waals surface area contributed by atoms with Gasteiger partial charge in [0.1, 0.15) is 0 Å². The van der Waals surface area contributed by atoms with E-state index < -0.39 is 5.41 Å². The number of nitrogens with zero attached hydrogens (tertiary/aromatic N) is 4. The lowest BCUT2D eigenvalue weighted by molar-refractivity contribution is 0.752. The highest BCUT2D eigenvalue weighted by Gasteiger charge is 2.51. The highest BCUT2D eigenvalue weighted by Crippen LogP contribution is 2.64. The molecule has 2 heterocycles. The van der Waals surface area contributed by atoms with Crippen LogP contribution >= 0.6 is 11.3 Å². The molecule has 0 amide bonds. The number of nitriles is 1. The van der Waals surface area contributed by atoms with Crippen molar-refractivity contribution in [3.63, 3.8) is 0 Å². The van der Waals surface area contributed by atoms with Gasteiger partial charge in [0.15, 0.2) is 0 Å². The maximum atomic E-state index is 10.2. The molecular formula is C70H44N4S. The molecule has 5 heteroatoms. The number of fused-ring (bicyclic) bond motifs is 14. The summed E-state index contributed by atoms with van der Waals surface area (Å²) < 4.78 is 2.19. The van der Waals surface area contributed by atoms with Gasteiger partial charge in [0, 0.05) is 54.3 Å². The Hall–Kier alpha value is -9.73. The summed E-state index contributed by atoms with van der Waals surface area (Å²) in [5.74, 6) is 0. The van der Waals surface area contributed by atoms with Gasteiger partial charge in [-0.15, -0.1) is 11.3 Å². The smallest absolute Gasteiger partial charge is 0.0992 e. The molecule has 13 aromatic rings. The number of thiophene rings is 1. The van der Waals surface area contributed by atoms with Crippen LogP contribution in [0.1, 0.15) is 27.8 Å². The third-order valence-corrected chi connectivity index (χ3v) is 16.7. The van der Waals surface area contributed by atoms with Crippen molar-refractivity contribution in [2.45, 2.75) is 5.41 Å². The van der Waals surface area contributed by atoms with Crippen LogP contribution in [-0.4, -0.2) is 0 Å². The first-order valence-electron chi connectivity index (χ1n) is 25.5. The van der Waals surface area contributed by atoms with E-state index in [1.54, 1.807) is 11.3 Å². The van der Waals surface area contributed by atoms with Gasteiger partial charge in [-0.1, -0.05) is 176 Å². The first-order valence-corrected chi connectivity index (χ1v) is 26.3. The summed E-state index contributed by atoms with van der Waals surface area (Å²) in [5.41, 5.74) is 17.3. The highest BCUT2D eigenvalue weighted by atomic mass is 32.1. The monoisotopic (exact) mass is 972 g/mol. The van der Waals surface area contributed by atoms with E-state index in [1.165, 1.54) is 44.2 Å². The van der Waals surface area contributed by atoms with Gasteiger partial charge in [0.25, 0.3) is 0 Å². The van der Waals surface area contributed by atoms with Crippen LogP contribution in [0, 0.1) is 11.3 Å². The average molecular weight is 973 g/mol. The minimum atomic E-state index is -0.577. The number of hydrogen-bond acceptors (Lipinski definition) is 5. The molecule has 2 aliphatic rings. The predicted octanol–water partition coefficient (Wildman–Crippen LogP) is 19.3. The molecule has 0 radical (unpaired) electrons. The van der Waals surface area contributed by atoms with Crippen molar-refractivity contribution < 1.29 is 0 Å². The summed E-state index contributed by atoms with van der Waals surface area (Å²) >= 11 is 1.74. The van der Waals surface area contributed by atoms with Crippen molar-refractivity contribution in [1.29, 1.82) is 5.26 Å². The highest BCUT2D eigenvalue weighted by molar-refractivity contribution is 7.26. The number of rotatable bonds is 7. The van der Waals surface area contributed by atoms with E-state index in [4.69, 9.17) is 0 Å². The second kappa shape index (κ2) is 16.9. The molecule has 12 aromatic carbocycles. The van der Waals surface area contributed by atoms with Crippen LogP contribution in [0.15, 0.2) is 267 Å². The third-order valence-electron chi connectivity index (χ3n) is 15.6. The topological polar surface area (TPSA) is 33.5 Å². The second-order valence-corrected chi connectivity index (χ2v) is 20.6. The molecule has 1 aliphatic heterocycles. The average Bonchev–Trinajstić information content (AvgIpc) is 4.20. The Bertz CT molecular complexity index is 4350. The van der Waals surface area contributed by atoms with Crippen LogP contribution in [0.4, 0.5) is 51.2 Å². The van der Waals surface area contributed by atoms with Crippen molar-refractivity contribution >= 4 is 104 Å². The van der Waals surface area contributed by atoms with Crippen LogP contribution in [0.3, 0.4) is 0 Å². The van der Waals surface area contributed by atoms with Gasteiger partial charge >= 0.3 is 0 Å². The van der Waals surface area contributed by atoms with E-state index in [1.807, 2.05) is 12.1 Å². The van der Waals surface area contributed by atoms with E-state index in [9.17, 15) is 5.26 Å². The van der Waals surface area contributed by atoms with Gasteiger partial charge in [0.05, 0.1) is 34.1 Å². The van der Waals surface area contributed by atoms with Crippen molar-refractivity contribution in [3.8, 4) is 17.2 Å². The van der Waals surface area contributed by atoms with Gasteiger partial charge < -0.3 is 14.7 Å². The summed E-state index contributed by atoms with van der Waals surface area (Å²) in [7, 11) is 0. The zero-order valence-electron chi connectivity index (χ0n) is 40.6. The van der Waals surface area contributed by atoms with E-state index in [0.717, 1.165) is 82.1 Å². The fourth-order valence-corrected chi connectivity index (χ4v) is 13.6. The van der Waals surface area contributed by atoms with Crippen LogP contribution in [0.25, 0.3) is 52.8 Å².